The zero-order valence-electron chi connectivity index (χ0n) is 9.56. The molecule has 0 spiro atoms. The molecule has 7 nitrogen and oxygen atoms in total. The second kappa shape index (κ2) is 4.82. The summed E-state index contributed by atoms with van der Waals surface area (Å²) in [6.07, 6.45) is 0.821. The second-order valence-corrected chi connectivity index (χ2v) is 3.56. The van der Waals surface area contributed by atoms with Gasteiger partial charge in [-0.3, -0.25) is 9.79 Å². The molecule has 1 aliphatic rings. The largest absolute Gasteiger partial charge is 0.417 e. The van der Waals surface area contributed by atoms with Gasteiger partial charge in [0.1, 0.15) is 0 Å². The van der Waals surface area contributed by atoms with E-state index in [4.69, 9.17) is 0 Å². The van der Waals surface area contributed by atoms with Crippen LogP contribution in [0.5, 0.6) is 0 Å². The van der Waals surface area contributed by atoms with Crippen molar-refractivity contribution in [3.8, 4) is 0 Å². The number of nitrogens with zero attached hydrogens (tertiary/aromatic N) is 3. The Bertz CT molecular complexity index is 353. The third-order valence-corrected chi connectivity index (χ3v) is 2.42. The molecule has 7 heteroatoms. The van der Waals surface area contributed by atoms with Crippen molar-refractivity contribution in [2.75, 3.05) is 20.6 Å². The Morgan fingerprint density at radius 3 is 2.44 bits per heavy atom. The highest BCUT2D eigenvalue weighted by atomic mass is 16.3. The number of hydrogen-bond donors (Lipinski definition) is 1. The van der Waals surface area contributed by atoms with Crippen molar-refractivity contribution in [1.29, 1.82) is 0 Å². The molecule has 0 saturated carbocycles. The molecule has 0 aliphatic carbocycles. The van der Waals surface area contributed by atoms with Gasteiger partial charge in [-0.1, -0.05) is 6.92 Å². The van der Waals surface area contributed by atoms with E-state index in [-0.39, 0.29) is 5.84 Å². The number of carbonyl (C=O) groups is 2. The van der Waals surface area contributed by atoms with Crippen molar-refractivity contribution in [1.82, 2.24) is 9.80 Å². The van der Waals surface area contributed by atoms with Gasteiger partial charge in [0, 0.05) is 7.05 Å². The summed E-state index contributed by atoms with van der Waals surface area (Å²) in [5.74, 6) is -0.346. The van der Waals surface area contributed by atoms with Gasteiger partial charge in [-0.15, -0.1) is 4.91 Å². The van der Waals surface area contributed by atoms with Crippen molar-refractivity contribution in [2.45, 2.75) is 19.4 Å². The van der Waals surface area contributed by atoms with E-state index in [2.05, 4.69) is 10.2 Å². The maximum absolute atomic E-state index is 11.6. The minimum Gasteiger partial charge on any atom is -0.276 e. The summed E-state index contributed by atoms with van der Waals surface area (Å²) in [5, 5.41) is 2.76. The molecular formula is C9H15N4O3+. The number of amidine groups is 1. The molecule has 0 radical (unpaired) electrons. The second-order valence-electron chi connectivity index (χ2n) is 3.56. The average molecular weight is 227 g/mol. The van der Waals surface area contributed by atoms with Crippen LogP contribution in [-0.2, 0) is 4.79 Å². The topological polar surface area (TPSA) is 84.0 Å². The van der Waals surface area contributed by atoms with Gasteiger partial charge in [0.05, 0.1) is 13.6 Å². The van der Waals surface area contributed by atoms with E-state index in [1.54, 1.807) is 0 Å². The summed E-state index contributed by atoms with van der Waals surface area (Å²) < 4.78 is 0. The molecule has 1 rings (SSSR count). The van der Waals surface area contributed by atoms with Crippen LogP contribution in [0.2, 0.25) is 0 Å². The van der Waals surface area contributed by atoms with Crippen LogP contribution in [0.15, 0.2) is 5.18 Å². The first kappa shape index (κ1) is 12.3. The minimum atomic E-state index is -1.15. The monoisotopic (exact) mass is 227 g/mol. The van der Waals surface area contributed by atoms with Gasteiger partial charge in [-0.05, 0) is 11.6 Å². The van der Waals surface area contributed by atoms with Crippen molar-refractivity contribution >= 4 is 17.8 Å². The van der Waals surface area contributed by atoms with Crippen molar-refractivity contribution < 1.29 is 14.6 Å². The lowest BCUT2D eigenvalue weighted by Gasteiger charge is -2.26. The van der Waals surface area contributed by atoms with Crippen LogP contribution in [0.25, 0.3) is 0 Å². The third kappa shape index (κ3) is 1.93. The number of nitroso groups, excluding NO2 is 1. The van der Waals surface area contributed by atoms with Crippen LogP contribution in [0, 0.1) is 4.91 Å². The Morgan fingerprint density at radius 2 is 1.94 bits per heavy atom. The van der Waals surface area contributed by atoms with E-state index in [9.17, 15) is 14.5 Å². The molecule has 0 aromatic heterocycles. The van der Waals surface area contributed by atoms with E-state index in [0.717, 1.165) is 11.3 Å². The Morgan fingerprint density at radius 1 is 1.31 bits per heavy atom. The summed E-state index contributed by atoms with van der Waals surface area (Å²) in [6.45, 7) is 2.52. The predicted molar refractivity (Wildman–Crippen MR) is 56.6 cm³/mol. The molecule has 1 saturated heterocycles. The first-order valence-corrected chi connectivity index (χ1v) is 5.03. The highest BCUT2D eigenvalue weighted by Gasteiger charge is 2.47. The van der Waals surface area contributed by atoms with Gasteiger partial charge in [0.2, 0.25) is 0 Å². The zero-order valence-corrected chi connectivity index (χ0v) is 9.56. The predicted octanol–water partition coefficient (Wildman–Crippen LogP) is -1.47. The molecule has 0 aromatic carbocycles. The lowest BCUT2D eigenvalue weighted by Crippen LogP contribution is -2.82. The van der Waals surface area contributed by atoms with Crippen LogP contribution in [0.3, 0.4) is 0 Å². The molecule has 1 fully saturated rings. The number of amides is 3. The van der Waals surface area contributed by atoms with E-state index < -0.39 is 18.0 Å². The van der Waals surface area contributed by atoms with Gasteiger partial charge in [-0.25, -0.2) is 9.69 Å². The molecular weight excluding hydrogens is 212 g/mol. The van der Waals surface area contributed by atoms with E-state index in [0.29, 0.717) is 6.54 Å². The van der Waals surface area contributed by atoms with Crippen LogP contribution in [-0.4, -0.2) is 54.3 Å². The minimum absolute atomic E-state index is 0.255. The number of rotatable bonds is 3. The fourth-order valence-corrected chi connectivity index (χ4v) is 1.47. The molecule has 3 amide bonds. The molecule has 0 aromatic rings. The summed E-state index contributed by atoms with van der Waals surface area (Å²) in [4.78, 5) is 38.9. The van der Waals surface area contributed by atoms with Crippen molar-refractivity contribution in [3.05, 3.63) is 4.91 Å². The SMILES string of the molecule is CCC[NH+]=C1C(N=O)C(=O)N(C)C(=O)N1C. The van der Waals surface area contributed by atoms with Crippen LogP contribution >= 0.6 is 0 Å². The molecule has 1 aliphatic heterocycles. The van der Waals surface area contributed by atoms with Crippen LogP contribution in [0.1, 0.15) is 13.3 Å². The Hall–Kier alpha value is -1.79. The fraction of sp³-hybridized carbons (Fsp3) is 0.667. The fourth-order valence-electron chi connectivity index (χ4n) is 1.47. The highest BCUT2D eigenvalue weighted by molar-refractivity contribution is 6.18. The Kier molecular flexibility index (Phi) is 3.70. The number of urea groups is 1. The summed E-state index contributed by atoms with van der Waals surface area (Å²) in [7, 11) is 2.83. The third-order valence-electron chi connectivity index (χ3n) is 2.42. The van der Waals surface area contributed by atoms with Crippen molar-refractivity contribution in [3.63, 3.8) is 0 Å². The molecule has 16 heavy (non-hydrogen) atoms. The number of carbonyl (C=O) groups excluding carboxylic acids is 2. The van der Waals surface area contributed by atoms with Gasteiger partial charge >= 0.3 is 6.03 Å². The first-order chi connectivity index (χ1) is 7.54. The van der Waals surface area contributed by atoms with E-state index >= 15 is 0 Å². The maximum Gasteiger partial charge on any atom is 0.417 e. The van der Waals surface area contributed by atoms with Gasteiger partial charge < -0.3 is 0 Å². The van der Waals surface area contributed by atoms with Gasteiger partial charge in [0.15, 0.2) is 0 Å². The Balaban J connectivity index is 3.08. The number of likely N-dealkylation sites (N-methyl/N-ethyl adjacent to an activating group) is 2. The van der Waals surface area contributed by atoms with Gasteiger partial charge in [0.25, 0.3) is 17.8 Å². The number of hydrogen-bond acceptors (Lipinski definition) is 4. The molecule has 1 heterocycles. The summed E-state index contributed by atoms with van der Waals surface area (Å²) in [5.41, 5.74) is 0. The molecule has 88 valence electrons. The molecule has 1 N–H and O–H groups in total. The smallest absolute Gasteiger partial charge is 0.276 e. The van der Waals surface area contributed by atoms with Crippen LogP contribution < -0.4 is 4.99 Å². The van der Waals surface area contributed by atoms with E-state index in [1.165, 1.54) is 19.0 Å². The summed E-state index contributed by atoms with van der Waals surface area (Å²) >= 11 is 0. The molecule has 0 bridgehead atoms. The molecule has 1 atom stereocenters. The van der Waals surface area contributed by atoms with Crippen molar-refractivity contribution in [2.24, 2.45) is 5.18 Å². The average Bonchev–Trinajstić information content (AvgIpc) is 2.29. The standard InChI is InChI=1S/C9H14N4O3/c1-4-5-10-7-6(11-16)8(14)13(3)9(15)12(7)2/h6H,4-5H2,1-3H3/p+1. The number of imide groups is 1. The highest BCUT2D eigenvalue weighted by Crippen LogP contribution is 2.10. The number of nitrogens with one attached hydrogen (secondary N) is 1. The molecule has 1 unspecified atom stereocenters. The quantitative estimate of drug-likeness (QED) is 0.598. The lowest BCUT2D eigenvalue weighted by atomic mass is 10.2. The van der Waals surface area contributed by atoms with Crippen LogP contribution in [0.4, 0.5) is 4.79 Å². The maximum atomic E-state index is 11.6. The first-order valence-electron chi connectivity index (χ1n) is 5.03. The van der Waals surface area contributed by atoms with Gasteiger partial charge in [-0.2, -0.15) is 4.90 Å². The normalized spacial score (nSPS) is 24.2. The zero-order chi connectivity index (χ0) is 12.3. The summed E-state index contributed by atoms with van der Waals surface area (Å²) in [6, 6.07) is -1.62. The lowest BCUT2D eigenvalue weighted by molar-refractivity contribution is -0.463. The Labute approximate surface area is 93.1 Å². The van der Waals surface area contributed by atoms with E-state index in [1.807, 2.05) is 6.92 Å².